The quantitative estimate of drug-likeness (QED) is 0.189. The van der Waals surface area contributed by atoms with Gasteiger partial charge in [-0.05, 0) is 53.8 Å². The Labute approximate surface area is 256 Å². The van der Waals surface area contributed by atoms with Gasteiger partial charge in [0, 0.05) is 21.0 Å². The predicted octanol–water partition coefficient (Wildman–Crippen LogP) is 3.71. The Hall–Kier alpha value is -2.70. The van der Waals surface area contributed by atoms with Gasteiger partial charge in [0.15, 0.2) is 0 Å². The molecule has 4 rings (SSSR count). The van der Waals surface area contributed by atoms with Gasteiger partial charge in [-0.15, -0.1) is 5.11 Å². The molecule has 0 aromatic heterocycles. The third-order valence-electron chi connectivity index (χ3n) is 5.68. The molecule has 13 heteroatoms. The molecule has 0 radical (unpaired) electrons. The average Bonchev–Trinajstić information content (AvgIpc) is 2.87. The first-order chi connectivity index (χ1) is 18.0. The molecule has 0 fully saturated rings. The maximum atomic E-state index is 13.5. The van der Waals surface area contributed by atoms with Crippen LogP contribution in [0.4, 0.5) is 17.1 Å². The first kappa shape index (κ1) is 30.8. The number of fused-ring (bicyclic) bond motifs is 1. The standard InChI is InChI=1S/C26H21Cl2N3O6S.Na/c1-3-16-19(28)9-10-20(25(16)38(34,35)36)30-31-23-17-7-5-4-6-14(17)12-18(24(23)32)26(33)29-21-13-15(27)8-11-22(21)37-2;/h4-13,32H,3H2,1-2H3,(H,29,33)(H,34,35,36);/q;+1/p-1. The number of carbonyl (C=O) groups excluding carboxylic acids is 1. The molecule has 9 nitrogen and oxygen atoms in total. The largest absolute Gasteiger partial charge is 1.00 e. The second kappa shape index (κ2) is 12.6. The zero-order valence-corrected chi connectivity index (χ0v) is 25.4. The second-order valence-electron chi connectivity index (χ2n) is 8.02. The zero-order chi connectivity index (χ0) is 27.6. The van der Waals surface area contributed by atoms with Crippen LogP contribution in [0.1, 0.15) is 22.8 Å². The molecular weight excluding hydrogens is 576 g/mol. The summed E-state index contributed by atoms with van der Waals surface area (Å²) in [5, 5.41) is 25.5. The molecule has 0 aliphatic heterocycles. The molecule has 0 unspecified atom stereocenters. The van der Waals surface area contributed by atoms with E-state index in [2.05, 4.69) is 15.5 Å². The molecule has 0 bridgehead atoms. The van der Waals surface area contributed by atoms with Crippen molar-refractivity contribution >= 4 is 67.1 Å². The molecule has 0 aliphatic rings. The summed E-state index contributed by atoms with van der Waals surface area (Å²) in [5.74, 6) is -1.15. The van der Waals surface area contributed by atoms with Gasteiger partial charge in [-0.25, -0.2) is 0 Å². The number of anilines is 1. The Bertz CT molecular complexity index is 1710. The summed E-state index contributed by atoms with van der Waals surface area (Å²) in [7, 11) is -3.30. The van der Waals surface area contributed by atoms with Gasteiger partial charge in [0.2, 0.25) is 0 Å². The maximum absolute atomic E-state index is 13.5. The molecule has 1 amide bonds. The normalized spacial score (nSPS) is 11.4. The average molecular weight is 596 g/mol. The summed E-state index contributed by atoms with van der Waals surface area (Å²) in [5.41, 5.74) is -0.232. The summed E-state index contributed by atoms with van der Waals surface area (Å²) in [6, 6.07) is 15.4. The fourth-order valence-corrected chi connectivity index (χ4v) is 5.39. The van der Waals surface area contributed by atoms with Crippen molar-refractivity contribution in [1.82, 2.24) is 0 Å². The number of hydrogen-bond acceptors (Lipinski definition) is 7. The fraction of sp³-hybridized carbons (Fsp3) is 0.115. The number of ether oxygens (including phenoxy) is 1. The van der Waals surface area contributed by atoms with E-state index in [1.165, 1.54) is 31.4 Å². The van der Waals surface area contributed by atoms with Crippen molar-refractivity contribution in [3.05, 3.63) is 81.8 Å². The van der Waals surface area contributed by atoms with Gasteiger partial charge in [-0.2, -0.15) is 13.5 Å². The van der Waals surface area contributed by atoms with Crippen LogP contribution in [0.25, 0.3) is 10.8 Å². The summed E-state index contributed by atoms with van der Waals surface area (Å²) < 4.78 is 39.3. The van der Waals surface area contributed by atoms with Crippen molar-refractivity contribution in [3.63, 3.8) is 0 Å². The number of carbonyl (C=O) groups is 1. The van der Waals surface area contributed by atoms with Crippen molar-refractivity contribution in [3.8, 4) is 11.5 Å². The van der Waals surface area contributed by atoms with Crippen molar-refractivity contribution in [2.24, 2.45) is 10.2 Å². The number of amides is 1. The van der Waals surface area contributed by atoms with Gasteiger partial charge >= 0.3 is 29.6 Å². The molecule has 0 aliphatic carbocycles. The first-order valence-corrected chi connectivity index (χ1v) is 13.3. The van der Waals surface area contributed by atoms with E-state index in [4.69, 9.17) is 27.9 Å². The van der Waals surface area contributed by atoms with Crippen LogP contribution in [0.5, 0.6) is 11.5 Å². The number of nitrogens with one attached hydrogen (secondary N) is 1. The maximum Gasteiger partial charge on any atom is 1.00 e. The summed E-state index contributed by atoms with van der Waals surface area (Å²) in [6.07, 6.45) is 0.190. The van der Waals surface area contributed by atoms with Gasteiger partial charge in [0.05, 0.1) is 18.5 Å². The molecule has 2 N–H and O–H groups in total. The molecule has 0 saturated carbocycles. The Morgan fingerprint density at radius 3 is 2.46 bits per heavy atom. The summed E-state index contributed by atoms with van der Waals surface area (Å²) in [4.78, 5) is 12.7. The Morgan fingerprint density at radius 1 is 1.08 bits per heavy atom. The molecule has 0 atom stereocenters. The van der Waals surface area contributed by atoms with Gasteiger partial charge in [0.1, 0.15) is 16.3 Å². The Morgan fingerprint density at radius 2 is 1.79 bits per heavy atom. The minimum atomic E-state index is -4.73. The van der Waals surface area contributed by atoms with E-state index >= 15 is 0 Å². The van der Waals surface area contributed by atoms with Crippen LogP contribution < -0.4 is 44.7 Å². The van der Waals surface area contributed by atoms with Crippen molar-refractivity contribution in [1.29, 1.82) is 0 Å². The monoisotopic (exact) mass is 595 g/mol. The van der Waals surface area contributed by atoms with Gasteiger partial charge in [-0.3, -0.25) is 9.35 Å². The topological polar surface area (TPSA) is 140 Å². The third kappa shape index (κ3) is 6.55. The van der Waals surface area contributed by atoms with Crippen molar-refractivity contribution in [2.45, 2.75) is 18.2 Å². The Kier molecular flexibility index (Phi) is 10.0. The zero-order valence-electron chi connectivity index (χ0n) is 21.0. The Balaban J connectivity index is 0.00000420. The molecule has 0 spiro atoms. The number of nitrogens with zero attached hydrogens (tertiary/aromatic N) is 2. The SMILES string of the molecule is CCc1c(Cl)ccc(N=Nc2c([O-])c(C(=O)Nc3cc(Cl)ccc3OC)cc3ccccc23)c1S(=O)(=O)O.[Na+]. The number of benzene rings is 4. The third-order valence-corrected chi connectivity index (χ3v) is 7.24. The van der Waals surface area contributed by atoms with E-state index in [9.17, 15) is 22.9 Å². The van der Waals surface area contributed by atoms with Crippen LogP contribution in [0.15, 0.2) is 75.8 Å². The second-order valence-corrected chi connectivity index (χ2v) is 10.2. The van der Waals surface area contributed by atoms with Crippen LogP contribution in [-0.2, 0) is 16.5 Å². The van der Waals surface area contributed by atoms with Crippen LogP contribution >= 0.6 is 23.2 Å². The van der Waals surface area contributed by atoms with E-state index in [0.717, 1.165) is 0 Å². The molecule has 0 saturated heterocycles. The number of halogens is 2. The van der Waals surface area contributed by atoms with E-state index in [0.29, 0.717) is 21.5 Å². The summed E-state index contributed by atoms with van der Waals surface area (Å²) >= 11 is 12.2. The minimum Gasteiger partial charge on any atom is -0.870 e. The fourth-order valence-electron chi connectivity index (χ4n) is 3.94. The van der Waals surface area contributed by atoms with Crippen LogP contribution in [0.3, 0.4) is 0 Å². The molecule has 0 heterocycles. The van der Waals surface area contributed by atoms with Gasteiger partial charge < -0.3 is 15.2 Å². The molecule has 196 valence electrons. The predicted molar refractivity (Wildman–Crippen MR) is 144 cm³/mol. The number of rotatable bonds is 7. The minimum absolute atomic E-state index is 0. The van der Waals surface area contributed by atoms with Crippen LogP contribution in [-0.4, -0.2) is 26.0 Å². The number of methoxy groups -OCH3 is 1. The van der Waals surface area contributed by atoms with Gasteiger partial charge in [0.25, 0.3) is 16.0 Å². The van der Waals surface area contributed by atoms with Gasteiger partial charge in [-0.1, -0.05) is 60.1 Å². The molecular formula is C26H20Cl2N3NaO6S. The van der Waals surface area contributed by atoms with E-state index in [-0.39, 0.29) is 69.2 Å². The van der Waals surface area contributed by atoms with Crippen molar-refractivity contribution in [2.75, 3.05) is 12.4 Å². The van der Waals surface area contributed by atoms with Crippen molar-refractivity contribution < 1.29 is 57.2 Å². The first-order valence-electron chi connectivity index (χ1n) is 11.1. The molecule has 4 aromatic carbocycles. The van der Waals surface area contributed by atoms with E-state index < -0.39 is 26.7 Å². The van der Waals surface area contributed by atoms with Crippen LogP contribution in [0, 0.1) is 0 Å². The number of hydrogen-bond donors (Lipinski definition) is 2. The molecule has 4 aromatic rings. The van der Waals surface area contributed by atoms with E-state index in [1.54, 1.807) is 43.3 Å². The smallest absolute Gasteiger partial charge is 0.870 e. The summed E-state index contributed by atoms with van der Waals surface area (Å²) in [6.45, 7) is 1.66. The van der Waals surface area contributed by atoms with Crippen LogP contribution in [0.2, 0.25) is 10.0 Å². The molecule has 39 heavy (non-hydrogen) atoms. The number of azo groups is 1. The van der Waals surface area contributed by atoms with E-state index in [1.807, 2.05) is 0 Å².